The van der Waals surface area contributed by atoms with Gasteiger partial charge in [0.05, 0.1) is 6.10 Å². The largest absolute Gasteiger partial charge is 0.392 e. The van der Waals surface area contributed by atoms with E-state index in [9.17, 15) is 17.2 Å². The van der Waals surface area contributed by atoms with Gasteiger partial charge in [0.15, 0.2) is 0 Å². The minimum Gasteiger partial charge on any atom is -0.392 e. The SMILES string of the molecule is CC(O)CNS(=O)(=O)C(F)F. The van der Waals surface area contributed by atoms with Crippen molar-refractivity contribution >= 4 is 10.0 Å². The first kappa shape index (κ1) is 10.7. The second-order valence-corrected chi connectivity index (χ2v) is 3.74. The lowest BCUT2D eigenvalue weighted by Crippen LogP contribution is -2.34. The zero-order chi connectivity index (χ0) is 9.07. The quantitative estimate of drug-likeness (QED) is 0.627. The van der Waals surface area contributed by atoms with Crippen LogP contribution in [0.5, 0.6) is 0 Å². The van der Waals surface area contributed by atoms with Gasteiger partial charge < -0.3 is 5.11 Å². The van der Waals surface area contributed by atoms with Gasteiger partial charge in [0, 0.05) is 6.54 Å². The van der Waals surface area contributed by atoms with Gasteiger partial charge in [0.25, 0.3) is 10.0 Å². The Balaban J connectivity index is 3.95. The van der Waals surface area contributed by atoms with Gasteiger partial charge in [-0.25, -0.2) is 13.1 Å². The Morgan fingerprint density at radius 1 is 1.55 bits per heavy atom. The molecule has 0 rings (SSSR count). The smallest absolute Gasteiger partial charge is 0.350 e. The van der Waals surface area contributed by atoms with Gasteiger partial charge in [-0.15, -0.1) is 0 Å². The lowest BCUT2D eigenvalue weighted by atomic mass is 10.4. The average molecular weight is 189 g/mol. The fraction of sp³-hybridized carbons (Fsp3) is 1.00. The van der Waals surface area contributed by atoms with Crippen molar-refractivity contribution < 1.29 is 22.3 Å². The molecule has 0 amide bonds. The first-order valence-corrected chi connectivity index (χ1v) is 4.35. The summed E-state index contributed by atoms with van der Waals surface area (Å²) in [6.45, 7) is 0.890. The Hall–Kier alpha value is -0.270. The Kier molecular flexibility index (Phi) is 3.84. The summed E-state index contributed by atoms with van der Waals surface area (Å²) < 4.78 is 45.1. The van der Waals surface area contributed by atoms with E-state index in [4.69, 9.17) is 5.11 Å². The van der Waals surface area contributed by atoms with Crippen LogP contribution in [0.4, 0.5) is 8.78 Å². The van der Waals surface area contributed by atoms with E-state index in [0.29, 0.717) is 0 Å². The molecule has 0 aromatic rings. The Labute approximate surface area is 63.3 Å². The molecule has 0 fully saturated rings. The van der Waals surface area contributed by atoms with Crippen LogP contribution < -0.4 is 4.72 Å². The lowest BCUT2D eigenvalue weighted by molar-refractivity contribution is 0.194. The van der Waals surface area contributed by atoms with E-state index in [-0.39, 0.29) is 0 Å². The van der Waals surface area contributed by atoms with Gasteiger partial charge in [-0.2, -0.15) is 8.78 Å². The van der Waals surface area contributed by atoms with Gasteiger partial charge in [0.1, 0.15) is 0 Å². The predicted octanol–water partition coefficient (Wildman–Crippen LogP) is -0.491. The highest BCUT2D eigenvalue weighted by molar-refractivity contribution is 7.89. The van der Waals surface area contributed by atoms with E-state index in [0.717, 1.165) is 0 Å². The third-order valence-corrected chi connectivity index (χ3v) is 1.85. The number of halogens is 2. The summed E-state index contributed by atoms with van der Waals surface area (Å²) in [5.41, 5.74) is 0. The van der Waals surface area contributed by atoms with Crippen molar-refractivity contribution in [3.63, 3.8) is 0 Å². The van der Waals surface area contributed by atoms with Crippen molar-refractivity contribution in [2.24, 2.45) is 0 Å². The van der Waals surface area contributed by atoms with E-state index in [2.05, 4.69) is 0 Å². The van der Waals surface area contributed by atoms with Crippen LogP contribution >= 0.6 is 0 Å². The predicted molar refractivity (Wildman–Crippen MR) is 34.6 cm³/mol. The summed E-state index contributed by atoms with van der Waals surface area (Å²) in [5, 5.41) is 8.53. The third kappa shape index (κ3) is 4.23. The van der Waals surface area contributed by atoms with E-state index in [1.165, 1.54) is 11.6 Å². The number of sulfonamides is 1. The van der Waals surface area contributed by atoms with Gasteiger partial charge in [-0.05, 0) is 6.92 Å². The monoisotopic (exact) mass is 189 g/mol. The molecule has 0 aromatic carbocycles. The second kappa shape index (κ2) is 3.93. The zero-order valence-corrected chi connectivity index (χ0v) is 6.61. The van der Waals surface area contributed by atoms with Crippen LogP contribution in [0, 0.1) is 0 Å². The summed E-state index contributed by atoms with van der Waals surface area (Å²) in [5.74, 6) is -3.44. The minimum absolute atomic E-state index is 0.396. The van der Waals surface area contributed by atoms with Crippen molar-refractivity contribution in [1.29, 1.82) is 0 Å². The van der Waals surface area contributed by atoms with Crippen molar-refractivity contribution in [1.82, 2.24) is 4.72 Å². The summed E-state index contributed by atoms with van der Waals surface area (Å²) in [4.78, 5) is 0. The molecule has 0 aromatic heterocycles. The molecular formula is C4H9F2NO3S. The Bertz CT molecular complexity index is 201. The first-order chi connectivity index (χ1) is 4.86. The molecule has 0 aliphatic rings. The summed E-state index contributed by atoms with van der Waals surface area (Å²) in [6.07, 6.45) is -0.969. The maximum absolute atomic E-state index is 11.5. The highest BCUT2D eigenvalue weighted by atomic mass is 32.2. The molecule has 0 aliphatic heterocycles. The molecule has 0 bridgehead atoms. The lowest BCUT2D eigenvalue weighted by Gasteiger charge is -2.06. The van der Waals surface area contributed by atoms with Gasteiger partial charge in [0.2, 0.25) is 0 Å². The minimum atomic E-state index is -4.54. The normalized spacial score (nSPS) is 15.4. The maximum atomic E-state index is 11.5. The van der Waals surface area contributed by atoms with Gasteiger partial charge in [-0.1, -0.05) is 0 Å². The van der Waals surface area contributed by atoms with Crippen LogP contribution in [-0.2, 0) is 10.0 Å². The fourth-order valence-corrected chi connectivity index (χ4v) is 0.899. The molecule has 0 aliphatic carbocycles. The van der Waals surface area contributed by atoms with Crippen molar-refractivity contribution in [3.8, 4) is 0 Å². The Morgan fingerprint density at radius 2 is 2.00 bits per heavy atom. The fourth-order valence-electron chi connectivity index (χ4n) is 0.300. The number of aliphatic hydroxyl groups is 1. The number of hydrogen-bond acceptors (Lipinski definition) is 3. The van der Waals surface area contributed by atoms with Crippen LogP contribution in [0.1, 0.15) is 6.92 Å². The second-order valence-electron chi connectivity index (χ2n) is 2.00. The molecule has 1 unspecified atom stereocenters. The maximum Gasteiger partial charge on any atom is 0.350 e. The number of nitrogens with one attached hydrogen (secondary N) is 1. The molecule has 0 radical (unpaired) electrons. The number of alkyl halides is 2. The summed E-state index contributed by atoms with van der Waals surface area (Å²) in [6, 6.07) is 0. The molecule has 7 heteroatoms. The van der Waals surface area contributed by atoms with Crippen LogP contribution in [0.25, 0.3) is 0 Å². The first-order valence-electron chi connectivity index (χ1n) is 2.81. The zero-order valence-electron chi connectivity index (χ0n) is 5.79. The van der Waals surface area contributed by atoms with E-state index in [1.807, 2.05) is 0 Å². The molecule has 4 nitrogen and oxygen atoms in total. The average Bonchev–Trinajstić information content (AvgIpc) is 1.84. The summed E-state index contributed by atoms with van der Waals surface area (Å²) in [7, 11) is -4.54. The van der Waals surface area contributed by atoms with Gasteiger partial charge >= 0.3 is 5.76 Å². The molecule has 0 saturated heterocycles. The van der Waals surface area contributed by atoms with Crippen molar-refractivity contribution in [2.75, 3.05) is 6.54 Å². The van der Waals surface area contributed by atoms with Crippen molar-refractivity contribution in [3.05, 3.63) is 0 Å². The number of rotatable bonds is 4. The van der Waals surface area contributed by atoms with E-state index >= 15 is 0 Å². The highest BCUT2D eigenvalue weighted by Gasteiger charge is 2.23. The highest BCUT2D eigenvalue weighted by Crippen LogP contribution is 2.00. The molecule has 11 heavy (non-hydrogen) atoms. The molecule has 0 heterocycles. The summed E-state index contributed by atoms with van der Waals surface area (Å²) >= 11 is 0. The van der Waals surface area contributed by atoms with Gasteiger partial charge in [-0.3, -0.25) is 0 Å². The number of hydrogen-bond donors (Lipinski definition) is 2. The molecular weight excluding hydrogens is 180 g/mol. The van der Waals surface area contributed by atoms with Crippen LogP contribution in [0.2, 0.25) is 0 Å². The third-order valence-electron chi connectivity index (χ3n) is 0.814. The molecule has 0 saturated carbocycles. The molecule has 68 valence electrons. The van der Waals surface area contributed by atoms with E-state index in [1.54, 1.807) is 0 Å². The standard InChI is InChI=1S/C4H9F2NO3S/c1-3(8)2-7-11(9,10)4(5)6/h3-4,7-8H,2H2,1H3. The molecule has 1 atom stereocenters. The topological polar surface area (TPSA) is 66.4 Å². The number of aliphatic hydroxyl groups excluding tert-OH is 1. The van der Waals surface area contributed by atoms with Crippen LogP contribution in [0.3, 0.4) is 0 Å². The van der Waals surface area contributed by atoms with Crippen LogP contribution in [0.15, 0.2) is 0 Å². The van der Waals surface area contributed by atoms with Crippen LogP contribution in [-0.4, -0.2) is 31.9 Å². The van der Waals surface area contributed by atoms with E-state index < -0.39 is 28.4 Å². The molecule has 2 N–H and O–H groups in total. The Morgan fingerprint density at radius 3 is 2.27 bits per heavy atom. The molecule has 0 spiro atoms. The van der Waals surface area contributed by atoms with Crippen molar-refractivity contribution in [2.45, 2.75) is 18.8 Å².